The highest BCUT2D eigenvalue weighted by Crippen LogP contribution is 2.16. The fourth-order valence-corrected chi connectivity index (χ4v) is 4.22. The summed E-state index contributed by atoms with van der Waals surface area (Å²) in [7, 11) is -3.26. The van der Waals surface area contributed by atoms with Crippen LogP contribution in [0.4, 0.5) is 0 Å². The Balaban J connectivity index is 1.93. The van der Waals surface area contributed by atoms with Gasteiger partial charge < -0.3 is 4.90 Å². The maximum atomic E-state index is 12.3. The first-order valence-electron chi connectivity index (χ1n) is 7.92. The number of rotatable bonds is 5. The molecule has 22 heavy (non-hydrogen) atoms. The first kappa shape index (κ1) is 17.0. The second-order valence-electron chi connectivity index (χ2n) is 6.21. The Hall–Kier alpha value is -1.36. The monoisotopic (exact) mass is 323 g/mol. The van der Waals surface area contributed by atoms with Crippen LogP contribution in [-0.4, -0.2) is 38.1 Å². The van der Waals surface area contributed by atoms with Crippen molar-refractivity contribution in [2.45, 2.75) is 45.3 Å². The summed E-state index contributed by atoms with van der Waals surface area (Å²) in [5, 5.41) is 0. The van der Waals surface area contributed by atoms with E-state index in [-0.39, 0.29) is 23.8 Å². The van der Waals surface area contributed by atoms with Crippen LogP contribution in [0, 0.1) is 13.8 Å². The molecule has 4 nitrogen and oxygen atoms in total. The molecule has 1 aliphatic heterocycles. The van der Waals surface area contributed by atoms with Gasteiger partial charge in [0.1, 0.15) is 0 Å². The highest BCUT2D eigenvalue weighted by Gasteiger charge is 2.20. The highest BCUT2D eigenvalue weighted by atomic mass is 32.2. The molecule has 1 amide bonds. The van der Waals surface area contributed by atoms with E-state index in [9.17, 15) is 13.2 Å². The number of hydrogen-bond acceptors (Lipinski definition) is 3. The normalized spacial score (nSPS) is 15.8. The van der Waals surface area contributed by atoms with Crippen LogP contribution in [0.2, 0.25) is 0 Å². The van der Waals surface area contributed by atoms with E-state index < -0.39 is 9.84 Å². The second-order valence-corrected chi connectivity index (χ2v) is 8.40. The molecule has 0 bridgehead atoms. The van der Waals surface area contributed by atoms with Crippen LogP contribution in [0.5, 0.6) is 0 Å². The zero-order chi connectivity index (χ0) is 16.2. The van der Waals surface area contributed by atoms with Gasteiger partial charge in [-0.3, -0.25) is 4.79 Å². The molecule has 1 saturated heterocycles. The van der Waals surface area contributed by atoms with Gasteiger partial charge in [0.05, 0.1) is 11.5 Å². The average molecular weight is 323 g/mol. The molecule has 0 unspecified atom stereocenters. The van der Waals surface area contributed by atoms with E-state index in [1.807, 2.05) is 32.0 Å². The van der Waals surface area contributed by atoms with Crippen molar-refractivity contribution in [2.24, 2.45) is 0 Å². The molecule has 0 saturated carbocycles. The quantitative estimate of drug-likeness (QED) is 0.837. The Morgan fingerprint density at radius 2 is 1.82 bits per heavy atom. The molecule has 0 aromatic heterocycles. The van der Waals surface area contributed by atoms with Crippen LogP contribution in [-0.2, 0) is 20.4 Å². The van der Waals surface area contributed by atoms with E-state index >= 15 is 0 Å². The zero-order valence-electron chi connectivity index (χ0n) is 13.5. The number of benzene rings is 1. The molecule has 1 aromatic carbocycles. The van der Waals surface area contributed by atoms with Crippen molar-refractivity contribution >= 4 is 15.7 Å². The number of piperidine rings is 1. The van der Waals surface area contributed by atoms with Gasteiger partial charge in [-0.1, -0.05) is 23.8 Å². The molecule has 1 fully saturated rings. The maximum absolute atomic E-state index is 12.3. The van der Waals surface area contributed by atoms with Crippen molar-refractivity contribution in [2.75, 3.05) is 18.8 Å². The number of sulfone groups is 1. The van der Waals surface area contributed by atoms with Crippen LogP contribution in [0.1, 0.15) is 42.4 Å². The molecule has 0 aliphatic carbocycles. The van der Waals surface area contributed by atoms with Crippen molar-refractivity contribution in [3.63, 3.8) is 0 Å². The molecule has 0 spiro atoms. The molecule has 0 radical (unpaired) electrons. The topological polar surface area (TPSA) is 54.5 Å². The minimum atomic E-state index is -3.26. The molecule has 0 N–H and O–H groups in total. The number of nitrogens with zero attached hydrogens (tertiary/aromatic N) is 1. The molecule has 1 aromatic rings. The molecule has 1 heterocycles. The Morgan fingerprint density at radius 1 is 1.14 bits per heavy atom. The summed E-state index contributed by atoms with van der Waals surface area (Å²) in [6.07, 6.45) is 3.32. The Morgan fingerprint density at radius 3 is 2.50 bits per heavy atom. The first-order chi connectivity index (χ1) is 10.4. The van der Waals surface area contributed by atoms with Gasteiger partial charge in [-0.25, -0.2) is 8.42 Å². The number of likely N-dealkylation sites (tertiary alicyclic amines) is 1. The summed E-state index contributed by atoms with van der Waals surface area (Å²) in [4.78, 5) is 13.9. The fraction of sp³-hybridized carbons (Fsp3) is 0.588. The second kappa shape index (κ2) is 7.27. The van der Waals surface area contributed by atoms with E-state index in [4.69, 9.17) is 0 Å². The van der Waals surface area contributed by atoms with E-state index in [1.54, 1.807) is 4.90 Å². The van der Waals surface area contributed by atoms with Crippen molar-refractivity contribution in [1.82, 2.24) is 4.90 Å². The number of aryl methyl sites for hydroxylation is 2. The summed E-state index contributed by atoms with van der Waals surface area (Å²) < 4.78 is 24.6. The molecule has 5 heteroatoms. The van der Waals surface area contributed by atoms with Crippen LogP contribution >= 0.6 is 0 Å². The van der Waals surface area contributed by atoms with Gasteiger partial charge >= 0.3 is 0 Å². The molecule has 2 rings (SSSR count). The Bertz CT molecular complexity index is 631. The lowest BCUT2D eigenvalue weighted by molar-refractivity contribution is -0.131. The third-order valence-corrected chi connectivity index (χ3v) is 5.79. The van der Waals surface area contributed by atoms with Crippen molar-refractivity contribution in [3.8, 4) is 0 Å². The molecule has 122 valence electrons. The van der Waals surface area contributed by atoms with Gasteiger partial charge in [-0.15, -0.1) is 0 Å². The summed E-state index contributed by atoms with van der Waals surface area (Å²) in [5.41, 5.74) is 2.88. The molecular formula is C17H25NO3S. The summed E-state index contributed by atoms with van der Waals surface area (Å²) in [5.74, 6) is -0.0620. The number of hydrogen-bond donors (Lipinski definition) is 0. The third-order valence-electron chi connectivity index (χ3n) is 4.22. The number of carbonyl (C=O) groups excluding carboxylic acids is 1. The third kappa shape index (κ3) is 4.83. The van der Waals surface area contributed by atoms with Gasteiger partial charge in [0, 0.05) is 19.5 Å². The SMILES string of the molecule is Cc1ccc(C)c(CS(=O)(=O)CCC(=O)N2CCCCC2)c1. The van der Waals surface area contributed by atoms with Crippen LogP contribution in [0.25, 0.3) is 0 Å². The smallest absolute Gasteiger partial charge is 0.223 e. The molecular weight excluding hydrogens is 298 g/mol. The maximum Gasteiger partial charge on any atom is 0.223 e. The van der Waals surface area contributed by atoms with Crippen LogP contribution in [0.15, 0.2) is 18.2 Å². The largest absolute Gasteiger partial charge is 0.343 e. The Kier molecular flexibility index (Phi) is 5.62. The molecule has 1 aliphatic rings. The van der Waals surface area contributed by atoms with Gasteiger partial charge in [0.2, 0.25) is 5.91 Å². The van der Waals surface area contributed by atoms with Crippen LogP contribution < -0.4 is 0 Å². The summed E-state index contributed by atoms with van der Waals surface area (Å²) in [6, 6.07) is 5.84. The predicted molar refractivity (Wildman–Crippen MR) is 88.5 cm³/mol. The average Bonchev–Trinajstić information content (AvgIpc) is 2.49. The predicted octanol–water partition coefficient (Wildman–Crippen LogP) is 2.62. The first-order valence-corrected chi connectivity index (χ1v) is 9.74. The lowest BCUT2D eigenvalue weighted by Gasteiger charge is -2.26. The zero-order valence-corrected chi connectivity index (χ0v) is 14.3. The van der Waals surface area contributed by atoms with Crippen molar-refractivity contribution in [1.29, 1.82) is 0 Å². The van der Waals surface area contributed by atoms with Crippen molar-refractivity contribution < 1.29 is 13.2 Å². The molecule has 0 atom stereocenters. The van der Waals surface area contributed by atoms with Gasteiger partial charge in [-0.2, -0.15) is 0 Å². The highest BCUT2D eigenvalue weighted by molar-refractivity contribution is 7.90. The standard InChI is InChI=1S/C17H25NO3S/c1-14-6-7-15(2)16(12-14)13-22(20,21)11-8-17(19)18-9-4-3-5-10-18/h6-7,12H,3-5,8-11,13H2,1-2H3. The van der Waals surface area contributed by atoms with Gasteiger partial charge in [0.15, 0.2) is 9.84 Å². The fourth-order valence-electron chi connectivity index (χ4n) is 2.81. The van der Waals surface area contributed by atoms with Crippen molar-refractivity contribution in [3.05, 3.63) is 34.9 Å². The van der Waals surface area contributed by atoms with Crippen LogP contribution in [0.3, 0.4) is 0 Å². The van der Waals surface area contributed by atoms with E-state index in [2.05, 4.69) is 0 Å². The summed E-state index contributed by atoms with van der Waals surface area (Å²) >= 11 is 0. The van der Waals surface area contributed by atoms with E-state index in [0.717, 1.165) is 49.0 Å². The van der Waals surface area contributed by atoms with E-state index in [0.29, 0.717) is 0 Å². The summed E-state index contributed by atoms with van der Waals surface area (Å²) in [6.45, 7) is 5.42. The number of amides is 1. The van der Waals surface area contributed by atoms with Gasteiger partial charge in [0.25, 0.3) is 0 Å². The minimum absolute atomic E-state index is 0.0216. The minimum Gasteiger partial charge on any atom is -0.343 e. The lowest BCUT2D eigenvalue weighted by Crippen LogP contribution is -2.36. The lowest BCUT2D eigenvalue weighted by atomic mass is 10.1. The number of carbonyl (C=O) groups is 1. The van der Waals surface area contributed by atoms with E-state index in [1.165, 1.54) is 0 Å². The Labute approximate surface area is 133 Å². The van der Waals surface area contributed by atoms with Gasteiger partial charge in [-0.05, 0) is 44.2 Å².